The average molecular weight is 499 g/mol. The maximum atomic E-state index is 13.9. The Morgan fingerprint density at radius 3 is 2.34 bits per heavy atom. The minimum absolute atomic E-state index is 0.102. The van der Waals surface area contributed by atoms with Gasteiger partial charge in [-0.25, -0.2) is 4.39 Å². The molecule has 0 saturated heterocycles. The van der Waals surface area contributed by atoms with Crippen LogP contribution >= 0.6 is 35.0 Å². The van der Waals surface area contributed by atoms with Crippen LogP contribution in [0.5, 0.6) is 0 Å². The number of nitrogens with zero attached hydrogens (tertiary/aromatic N) is 1. The number of amides is 2. The van der Waals surface area contributed by atoms with Crippen molar-refractivity contribution in [1.82, 2.24) is 10.2 Å². The maximum Gasteiger partial charge on any atom is 0.242 e. The highest BCUT2D eigenvalue weighted by Crippen LogP contribution is 2.27. The zero-order valence-corrected chi connectivity index (χ0v) is 20.9. The van der Waals surface area contributed by atoms with E-state index in [2.05, 4.69) is 5.32 Å². The second kappa shape index (κ2) is 13.1. The van der Waals surface area contributed by atoms with Crippen molar-refractivity contribution in [1.29, 1.82) is 0 Å². The molecule has 0 saturated carbocycles. The van der Waals surface area contributed by atoms with E-state index in [-0.39, 0.29) is 35.8 Å². The van der Waals surface area contributed by atoms with E-state index in [9.17, 15) is 14.0 Å². The zero-order chi connectivity index (χ0) is 23.7. The van der Waals surface area contributed by atoms with Gasteiger partial charge in [0.1, 0.15) is 11.9 Å². The Balaban J connectivity index is 2.20. The Morgan fingerprint density at radius 2 is 1.75 bits per heavy atom. The van der Waals surface area contributed by atoms with Crippen molar-refractivity contribution in [3.63, 3.8) is 0 Å². The number of carbonyl (C=O) groups is 2. The summed E-state index contributed by atoms with van der Waals surface area (Å²) in [6.07, 6.45) is 0.440. The number of nitrogens with one attached hydrogen (secondary N) is 1. The molecule has 1 N–H and O–H groups in total. The first kappa shape index (κ1) is 26.5. The molecule has 0 fully saturated rings. The first-order valence-electron chi connectivity index (χ1n) is 10.6. The van der Waals surface area contributed by atoms with Crippen LogP contribution in [0.3, 0.4) is 0 Å². The molecule has 0 radical (unpaired) electrons. The van der Waals surface area contributed by atoms with Crippen molar-refractivity contribution in [3.05, 3.63) is 69.5 Å². The van der Waals surface area contributed by atoms with Crippen LogP contribution in [-0.2, 0) is 21.9 Å². The molecule has 2 aromatic carbocycles. The molecule has 0 aliphatic heterocycles. The molecule has 32 heavy (non-hydrogen) atoms. The van der Waals surface area contributed by atoms with Gasteiger partial charge in [0, 0.05) is 34.5 Å². The molecule has 0 unspecified atom stereocenters. The summed E-state index contributed by atoms with van der Waals surface area (Å²) in [7, 11) is 0. The van der Waals surface area contributed by atoms with E-state index in [1.807, 2.05) is 20.8 Å². The summed E-state index contributed by atoms with van der Waals surface area (Å²) in [5, 5.41) is 3.79. The molecule has 174 valence electrons. The Kier molecular flexibility index (Phi) is 10.8. The molecule has 2 amide bonds. The molecule has 0 bridgehead atoms. The number of benzene rings is 2. The van der Waals surface area contributed by atoms with Crippen molar-refractivity contribution < 1.29 is 14.0 Å². The summed E-state index contributed by atoms with van der Waals surface area (Å²) in [5.41, 5.74) is 1.13. The predicted molar refractivity (Wildman–Crippen MR) is 132 cm³/mol. The number of rotatable bonds is 11. The van der Waals surface area contributed by atoms with E-state index in [0.29, 0.717) is 39.9 Å². The predicted octanol–water partition coefficient (Wildman–Crippen LogP) is 5.95. The number of halogens is 3. The number of carbonyl (C=O) groups excluding carboxylic acids is 2. The SMILES string of the molecule is CC[C@H](C(=O)NCC(C)C)N(Cc1c(Cl)cccc1Cl)C(=O)CSCc1ccccc1F. The first-order valence-corrected chi connectivity index (χ1v) is 12.5. The zero-order valence-electron chi connectivity index (χ0n) is 18.5. The summed E-state index contributed by atoms with van der Waals surface area (Å²) in [6.45, 7) is 6.51. The summed E-state index contributed by atoms with van der Waals surface area (Å²) in [4.78, 5) is 27.7. The van der Waals surface area contributed by atoms with E-state index >= 15 is 0 Å². The lowest BCUT2D eigenvalue weighted by Gasteiger charge is -2.31. The topological polar surface area (TPSA) is 49.4 Å². The summed E-state index contributed by atoms with van der Waals surface area (Å²) in [6, 6.07) is 11.0. The van der Waals surface area contributed by atoms with Crippen LogP contribution in [0.15, 0.2) is 42.5 Å². The molecule has 0 aliphatic carbocycles. The second-order valence-electron chi connectivity index (χ2n) is 7.87. The van der Waals surface area contributed by atoms with Crippen molar-refractivity contribution in [2.45, 2.75) is 45.5 Å². The smallest absolute Gasteiger partial charge is 0.242 e. The molecular weight excluding hydrogens is 470 g/mol. The summed E-state index contributed by atoms with van der Waals surface area (Å²) < 4.78 is 13.9. The van der Waals surface area contributed by atoms with Crippen LogP contribution in [-0.4, -0.2) is 35.1 Å². The number of hydrogen-bond donors (Lipinski definition) is 1. The van der Waals surface area contributed by atoms with E-state index in [1.165, 1.54) is 22.7 Å². The van der Waals surface area contributed by atoms with Crippen LogP contribution in [0.1, 0.15) is 38.3 Å². The van der Waals surface area contributed by atoms with Crippen LogP contribution in [0, 0.1) is 11.7 Å². The fourth-order valence-electron chi connectivity index (χ4n) is 3.14. The van der Waals surface area contributed by atoms with Gasteiger partial charge in [0.25, 0.3) is 0 Å². The third-order valence-corrected chi connectivity index (χ3v) is 6.58. The van der Waals surface area contributed by atoms with Crippen LogP contribution in [0.25, 0.3) is 0 Å². The lowest BCUT2D eigenvalue weighted by atomic mass is 10.1. The molecule has 0 spiro atoms. The first-order chi connectivity index (χ1) is 15.2. The van der Waals surface area contributed by atoms with Crippen molar-refractivity contribution in [2.75, 3.05) is 12.3 Å². The minimum atomic E-state index is -0.664. The van der Waals surface area contributed by atoms with Crippen molar-refractivity contribution in [2.24, 2.45) is 5.92 Å². The van der Waals surface area contributed by atoms with E-state index in [4.69, 9.17) is 23.2 Å². The minimum Gasteiger partial charge on any atom is -0.354 e. The Morgan fingerprint density at radius 1 is 1.09 bits per heavy atom. The highest BCUT2D eigenvalue weighted by atomic mass is 35.5. The largest absolute Gasteiger partial charge is 0.354 e. The van der Waals surface area contributed by atoms with Gasteiger partial charge in [-0.05, 0) is 36.1 Å². The molecule has 4 nitrogen and oxygen atoms in total. The molecule has 0 aliphatic rings. The van der Waals surface area contributed by atoms with Crippen LogP contribution < -0.4 is 5.32 Å². The molecule has 2 rings (SSSR count). The standard InChI is InChI=1S/C24H29Cl2FN2O2S/c1-4-22(24(31)28-12-16(2)3)29(13-18-19(25)9-7-10-20(18)26)23(30)15-32-14-17-8-5-6-11-21(17)27/h5-11,16,22H,4,12-15H2,1-3H3,(H,28,31)/t22-/m1/s1. The van der Waals surface area contributed by atoms with E-state index < -0.39 is 6.04 Å². The highest BCUT2D eigenvalue weighted by molar-refractivity contribution is 7.99. The summed E-state index contributed by atoms with van der Waals surface area (Å²) >= 11 is 14.0. The van der Waals surface area contributed by atoms with Gasteiger partial charge in [-0.2, -0.15) is 0 Å². The molecule has 0 heterocycles. The highest BCUT2D eigenvalue weighted by Gasteiger charge is 2.29. The molecular formula is C24H29Cl2FN2O2S. The second-order valence-corrected chi connectivity index (χ2v) is 9.67. The normalized spacial score (nSPS) is 12.0. The Labute approximate surface area is 203 Å². The fourth-order valence-corrected chi connectivity index (χ4v) is 4.56. The number of hydrogen-bond acceptors (Lipinski definition) is 3. The van der Waals surface area contributed by atoms with Gasteiger partial charge >= 0.3 is 0 Å². The third kappa shape index (κ3) is 7.68. The summed E-state index contributed by atoms with van der Waals surface area (Å²) in [5.74, 6) is 0.00657. The Hall–Kier alpha value is -1.76. The fraction of sp³-hybridized carbons (Fsp3) is 0.417. The molecule has 2 aromatic rings. The number of thioether (sulfide) groups is 1. The maximum absolute atomic E-state index is 13.9. The lowest BCUT2D eigenvalue weighted by molar-refractivity contribution is -0.139. The van der Waals surface area contributed by atoms with Crippen molar-refractivity contribution >= 4 is 46.8 Å². The van der Waals surface area contributed by atoms with Gasteiger partial charge in [0.15, 0.2) is 0 Å². The van der Waals surface area contributed by atoms with E-state index in [1.54, 1.807) is 36.4 Å². The monoisotopic (exact) mass is 498 g/mol. The molecule has 8 heteroatoms. The van der Waals surface area contributed by atoms with Gasteiger partial charge in [-0.15, -0.1) is 11.8 Å². The van der Waals surface area contributed by atoms with Gasteiger partial charge in [-0.3, -0.25) is 9.59 Å². The average Bonchev–Trinajstić information content (AvgIpc) is 2.75. The van der Waals surface area contributed by atoms with Gasteiger partial charge in [0.05, 0.1) is 5.75 Å². The van der Waals surface area contributed by atoms with Crippen LogP contribution in [0.4, 0.5) is 4.39 Å². The van der Waals surface area contributed by atoms with Gasteiger partial charge in [0.2, 0.25) is 11.8 Å². The Bertz CT molecular complexity index is 906. The lowest BCUT2D eigenvalue weighted by Crippen LogP contribution is -2.50. The van der Waals surface area contributed by atoms with Crippen LogP contribution in [0.2, 0.25) is 10.0 Å². The molecule has 1 atom stereocenters. The molecule has 0 aromatic heterocycles. The van der Waals surface area contributed by atoms with Gasteiger partial charge in [-0.1, -0.05) is 68.2 Å². The quantitative estimate of drug-likeness (QED) is 0.416. The van der Waals surface area contributed by atoms with Gasteiger partial charge < -0.3 is 10.2 Å². The third-order valence-electron chi connectivity index (χ3n) is 4.90. The van der Waals surface area contributed by atoms with E-state index in [0.717, 1.165) is 0 Å². The van der Waals surface area contributed by atoms with Crippen molar-refractivity contribution in [3.8, 4) is 0 Å².